The molecule has 19 nitrogen and oxygen atoms in total. The van der Waals surface area contributed by atoms with Crippen LogP contribution < -0.4 is 25.8 Å². The van der Waals surface area contributed by atoms with Crippen LogP contribution in [0.2, 0.25) is 0 Å². The standard InChI is InChI=1S/C55H63FN4O15/c1-23-12-11-13-24(2)52(68)58-41-40(57-32-16-18-59(21-32)43-26(4)42-33(31-14-15-31)20-34(54(70)71)53(69)60(42)22-35(43)56)47(65)37-38(48(41)66)46(64)29(7)50-39(37)51(67)55(9,75-50)73-19-17-36(72-10)25(3)49(74-30(8)61)28(6)45(63)27(5)44(23)62/h11-13,17,19-23,25,27-28,31,36,44-45,49,57,62-66H,14-16,18H2,1-10H3,(H,58,68)(H,70,71)/t23-,25+,27+,28+,36-,44-,45+,49+,55-/m0/s1. The Balaban J connectivity index is 1.26. The third kappa shape index (κ3) is 9.54. The number of nitrogens with zero attached hydrogens (tertiary/aromatic N) is 2. The number of ketones is 1. The molecule has 0 radical (unpaired) electrons. The van der Waals surface area contributed by atoms with Gasteiger partial charge in [-0.25, -0.2) is 9.18 Å². The molecule has 400 valence electrons. The molecule has 1 amide bonds. The topological polar surface area (TPSA) is 275 Å². The number of pyridine rings is 2. The van der Waals surface area contributed by atoms with E-state index in [2.05, 4.69) is 10.6 Å². The van der Waals surface area contributed by atoms with E-state index in [-0.39, 0.29) is 58.1 Å². The number of Topliss-reactive ketones (excluding diaryl/α,β-unsaturated/α-hetero) is 1. The van der Waals surface area contributed by atoms with Gasteiger partial charge in [-0.05, 0) is 57.2 Å². The van der Waals surface area contributed by atoms with Gasteiger partial charge in [-0.2, -0.15) is 0 Å². The van der Waals surface area contributed by atoms with Gasteiger partial charge in [0, 0.05) is 91.6 Å². The summed E-state index contributed by atoms with van der Waals surface area (Å²) in [5, 5.41) is 74.5. The first kappa shape index (κ1) is 53.9. The fourth-order valence-electron chi connectivity index (χ4n) is 10.7. The van der Waals surface area contributed by atoms with Gasteiger partial charge in [-0.1, -0.05) is 45.9 Å². The minimum atomic E-state index is -2.16. The second-order valence-electron chi connectivity index (χ2n) is 20.4. The van der Waals surface area contributed by atoms with Crippen molar-refractivity contribution < 1.29 is 73.2 Å². The number of aromatic hydroxyl groups is 3. The van der Waals surface area contributed by atoms with Gasteiger partial charge >= 0.3 is 17.7 Å². The van der Waals surface area contributed by atoms with Crippen LogP contribution in [0, 0.1) is 43.3 Å². The lowest BCUT2D eigenvalue weighted by Crippen LogP contribution is -2.46. The summed E-state index contributed by atoms with van der Waals surface area (Å²) in [5.74, 6) is -11.7. The summed E-state index contributed by atoms with van der Waals surface area (Å²) < 4.78 is 41.1. The second kappa shape index (κ2) is 20.4. The smallest absolute Gasteiger partial charge is 0.341 e. The third-order valence-electron chi connectivity index (χ3n) is 15.2. The Morgan fingerprint density at radius 2 is 1.63 bits per heavy atom. The maximum Gasteiger partial charge on any atom is 0.341 e. The fraction of sp³-hybridized carbons (Fsp3) is 0.436. The number of amides is 1. The molecule has 1 saturated carbocycles. The minimum Gasteiger partial charge on any atom is -0.507 e. The molecule has 1 aliphatic carbocycles. The highest BCUT2D eigenvalue weighted by Crippen LogP contribution is 2.57. The fourth-order valence-corrected chi connectivity index (χ4v) is 10.7. The van der Waals surface area contributed by atoms with Crippen LogP contribution in [-0.2, 0) is 23.8 Å². The molecule has 0 saturated heterocycles. The van der Waals surface area contributed by atoms with Gasteiger partial charge in [0.15, 0.2) is 11.6 Å². The van der Waals surface area contributed by atoms with Crippen LogP contribution in [-0.4, -0.2) is 103 Å². The number of aryl methyl sites for hydroxylation is 1. The highest BCUT2D eigenvalue weighted by atomic mass is 19.1. The molecule has 0 spiro atoms. The summed E-state index contributed by atoms with van der Waals surface area (Å²) in [6.07, 6.45) is 7.25. The highest BCUT2D eigenvalue weighted by molar-refractivity contribution is 6.23. The van der Waals surface area contributed by atoms with E-state index in [0.29, 0.717) is 22.3 Å². The van der Waals surface area contributed by atoms with Crippen molar-refractivity contribution in [3.8, 4) is 23.0 Å². The molecule has 9 rings (SSSR count). The van der Waals surface area contributed by atoms with Gasteiger partial charge in [0.2, 0.25) is 0 Å². The van der Waals surface area contributed by atoms with E-state index in [0.717, 1.165) is 29.7 Å². The molecule has 8 N–H and O–H groups in total. The van der Waals surface area contributed by atoms with Crippen LogP contribution in [0.5, 0.6) is 23.0 Å². The minimum absolute atomic E-state index is 0.0273. The number of aromatic nitrogens is 1. The van der Waals surface area contributed by atoms with Crippen LogP contribution in [0.25, 0.3) is 16.3 Å². The Kier molecular flexibility index (Phi) is 14.6. The number of nitrogens with one attached hydrogen (secondary N) is 2. The van der Waals surface area contributed by atoms with Gasteiger partial charge in [0.25, 0.3) is 17.2 Å². The zero-order valence-electron chi connectivity index (χ0n) is 43.3. The molecule has 2 aromatic heterocycles. The molecule has 4 aliphatic heterocycles. The number of fused-ring (bicyclic) bond motifs is 15. The number of methoxy groups -OCH3 is 1. The molecule has 1 fully saturated rings. The lowest BCUT2D eigenvalue weighted by Gasteiger charge is -2.38. The quantitative estimate of drug-likeness (QED) is 0.0504. The van der Waals surface area contributed by atoms with Crippen LogP contribution in [0.1, 0.15) is 111 Å². The van der Waals surface area contributed by atoms with Crippen molar-refractivity contribution in [2.24, 2.45) is 23.7 Å². The first-order chi connectivity index (χ1) is 35.3. The Labute approximate surface area is 431 Å². The molecule has 5 bridgehead atoms. The number of halogens is 1. The number of phenols is 3. The van der Waals surface area contributed by atoms with Crippen molar-refractivity contribution in [2.45, 2.75) is 118 Å². The zero-order chi connectivity index (χ0) is 54.9. The van der Waals surface area contributed by atoms with E-state index < -0.39 is 123 Å². The number of carboxylic acid groups (broad SMARTS) is 1. The molecule has 5 aliphatic rings. The maximum absolute atomic E-state index is 16.3. The number of allylic oxidation sites excluding steroid dienone is 2. The number of carbonyl (C=O) groups excluding carboxylic acids is 3. The summed E-state index contributed by atoms with van der Waals surface area (Å²) in [5.41, 5.74) is -0.586. The summed E-state index contributed by atoms with van der Waals surface area (Å²) >= 11 is 0. The number of phenolic OH excluding ortho intramolecular Hbond substituents is 3. The van der Waals surface area contributed by atoms with Crippen LogP contribution >= 0.6 is 0 Å². The molecular weight excluding hydrogens is 976 g/mol. The molecule has 0 unspecified atom stereocenters. The van der Waals surface area contributed by atoms with E-state index >= 15 is 4.39 Å². The SMILES string of the molecule is CO[C@H]1C=CO[C@@]2(C)Oc3c(C)c(O)c4c(O)c(c(NC5=CN(c6c(F)cn7c(=O)c(C(=O)O)cc(C8CC8)c7c6C)CC5)c(O)c4c3C2=O)NC(=O)C(C)=CC=C[C@H](C)[C@H](O)[C@@H](C)[C@@H](O)[C@@H](C)[C@H](OC(C)=O)[C@@H]1C. The average molecular weight is 1040 g/mol. The van der Waals surface area contributed by atoms with Gasteiger partial charge in [0.05, 0.1) is 52.9 Å². The number of carboxylic acids is 1. The van der Waals surface area contributed by atoms with Gasteiger partial charge in [-0.15, -0.1) is 0 Å². The van der Waals surface area contributed by atoms with Crippen LogP contribution in [0.4, 0.5) is 21.5 Å². The molecule has 2 aromatic carbocycles. The van der Waals surface area contributed by atoms with Crippen LogP contribution in [0.15, 0.2) is 65.1 Å². The number of aliphatic hydroxyl groups excluding tert-OH is 2. The molecular formula is C55H63FN4O15. The Morgan fingerprint density at radius 1 is 0.933 bits per heavy atom. The number of aromatic carboxylic acids is 1. The lowest BCUT2D eigenvalue weighted by atomic mass is 9.78. The van der Waals surface area contributed by atoms with Crippen molar-refractivity contribution in [2.75, 3.05) is 29.2 Å². The van der Waals surface area contributed by atoms with Gasteiger partial charge < -0.3 is 65.1 Å². The van der Waals surface area contributed by atoms with E-state index in [4.69, 9.17) is 18.9 Å². The Bertz CT molecular complexity index is 3250. The number of esters is 1. The van der Waals surface area contributed by atoms with Crippen molar-refractivity contribution in [1.82, 2.24) is 4.40 Å². The maximum atomic E-state index is 16.3. The zero-order valence-corrected chi connectivity index (χ0v) is 43.3. The normalized spacial score (nSPS) is 26.5. The van der Waals surface area contributed by atoms with Gasteiger partial charge in [-0.3, -0.25) is 23.6 Å². The number of anilines is 3. The average Bonchev–Trinajstić information content (AvgIpc) is 4.05. The van der Waals surface area contributed by atoms with Crippen molar-refractivity contribution >= 4 is 57.0 Å². The number of carbonyl (C=O) groups is 4. The largest absolute Gasteiger partial charge is 0.507 e. The third-order valence-corrected chi connectivity index (χ3v) is 15.2. The summed E-state index contributed by atoms with van der Waals surface area (Å²) in [6.45, 7) is 14.0. The number of rotatable bonds is 7. The van der Waals surface area contributed by atoms with Crippen LogP contribution in [0.3, 0.4) is 0 Å². The lowest BCUT2D eigenvalue weighted by molar-refractivity contribution is -0.160. The number of ether oxygens (including phenoxy) is 4. The molecule has 4 aromatic rings. The Hall–Kier alpha value is -7.42. The summed E-state index contributed by atoms with van der Waals surface area (Å²) in [4.78, 5) is 68.3. The predicted molar refractivity (Wildman–Crippen MR) is 275 cm³/mol. The predicted octanol–water partition coefficient (Wildman–Crippen LogP) is 7.55. The van der Waals surface area contributed by atoms with Gasteiger partial charge in [0.1, 0.15) is 40.3 Å². The first-order valence-electron chi connectivity index (χ1n) is 24.8. The van der Waals surface area contributed by atoms with Crippen molar-refractivity contribution in [3.05, 3.63) is 104 Å². The second-order valence-corrected chi connectivity index (χ2v) is 20.4. The molecule has 75 heavy (non-hydrogen) atoms. The monoisotopic (exact) mass is 1040 g/mol. The number of benzene rings is 2. The van der Waals surface area contributed by atoms with E-state index in [1.165, 1.54) is 65.3 Å². The number of hydrogen-bond donors (Lipinski definition) is 8. The molecule has 9 atom stereocenters. The van der Waals surface area contributed by atoms with E-state index in [1.807, 2.05) is 0 Å². The molecule has 20 heteroatoms. The Morgan fingerprint density at radius 3 is 2.27 bits per heavy atom. The first-order valence-corrected chi connectivity index (χ1v) is 24.8. The van der Waals surface area contributed by atoms with Crippen molar-refractivity contribution in [3.63, 3.8) is 0 Å². The van der Waals surface area contributed by atoms with E-state index in [9.17, 15) is 54.6 Å². The number of hydrogen-bond acceptors (Lipinski definition) is 16. The highest BCUT2D eigenvalue weighted by Gasteiger charge is 2.50. The van der Waals surface area contributed by atoms with Crippen molar-refractivity contribution in [1.29, 1.82) is 0 Å². The number of aliphatic hydroxyl groups is 2. The summed E-state index contributed by atoms with van der Waals surface area (Å²) in [7, 11) is 1.41. The van der Waals surface area contributed by atoms with E-state index in [1.54, 1.807) is 45.6 Å². The molecule has 6 heterocycles. The summed E-state index contributed by atoms with van der Waals surface area (Å²) in [6, 6.07) is 1.36.